The van der Waals surface area contributed by atoms with Crippen LogP contribution >= 0.6 is 0 Å². The molecule has 4 rings (SSSR count). The van der Waals surface area contributed by atoms with Crippen LogP contribution in [0.3, 0.4) is 0 Å². The van der Waals surface area contributed by atoms with E-state index in [1.54, 1.807) is 18.2 Å². The van der Waals surface area contributed by atoms with Gasteiger partial charge in [-0.2, -0.15) is 0 Å². The molecule has 0 saturated carbocycles. The van der Waals surface area contributed by atoms with Gasteiger partial charge in [0.15, 0.2) is 0 Å². The van der Waals surface area contributed by atoms with Crippen molar-refractivity contribution >= 4 is 22.8 Å². The summed E-state index contributed by atoms with van der Waals surface area (Å²) in [7, 11) is 0. The van der Waals surface area contributed by atoms with Crippen LogP contribution < -0.4 is 15.4 Å². The number of nitrogens with one attached hydrogen (secondary N) is 2. The van der Waals surface area contributed by atoms with Gasteiger partial charge in [0.1, 0.15) is 17.4 Å². The summed E-state index contributed by atoms with van der Waals surface area (Å²) in [5.41, 5.74) is 3.22. The van der Waals surface area contributed by atoms with Crippen LogP contribution in [-0.4, -0.2) is 28.7 Å². The fraction of sp³-hybridized carbons (Fsp3) is 0.167. The van der Waals surface area contributed by atoms with Crippen LogP contribution in [-0.2, 0) is 6.54 Å². The summed E-state index contributed by atoms with van der Waals surface area (Å²) in [6.45, 7) is 3.30. The number of halogens is 1. The molecule has 4 aromatic rings. The van der Waals surface area contributed by atoms with E-state index in [9.17, 15) is 9.18 Å². The molecule has 7 heteroatoms. The van der Waals surface area contributed by atoms with Gasteiger partial charge >= 0.3 is 6.03 Å². The van der Waals surface area contributed by atoms with Gasteiger partial charge in [0, 0.05) is 18.7 Å². The van der Waals surface area contributed by atoms with Gasteiger partial charge in [-0.05, 0) is 55.5 Å². The molecule has 0 bridgehead atoms. The number of ether oxygens (including phenoxy) is 1. The Labute approximate surface area is 179 Å². The average molecular weight is 418 g/mol. The molecule has 0 saturated heterocycles. The number of imidazole rings is 1. The first-order valence-electron chi connectivity index (χ1n) is 10.1. The van der Waals surface area contributed by atoms with Gasteiger partial charge in [-0.15, -0.1) is 0 Å². The van der Waals surface area contributed by atoms with E-state index in [1.807, 2.05) is 54.0 Å². The molecule has 2 amide bonds. The van der Waals surface area contributed by atoms with E-state index in [1.165, 1.54) is 12.1 Å². The highest BCUT2D eigenvalue weighted by molar-refractivity contribution is 5.90. The van der Waals surface area contributed by atoms with Crippen molar-refractivity contribution in [1.29, 1.82) is 0 Å². The lowest BCUT2D eigenvalue weighted by Crippen LogP contribution is -2.31. The maximum atomic E-state index is 13.4. The van der Waals surface area contributed by atoms with E-state index in [-0.39, 0.29) is 11.8 Å². The molecule has 0 atom stereocenters. The van der Waals surface area contributed by atoms with Crippen LogP contribution in [0.25, 0.3) is 22.4 Å². The first-order valence-corrected chi connectivity index (χ1v) is 10.1. The number of hydrogen-bond donors (Lipinski definition) is 2. The second-order valence-electron chi connectivity index (χ2n) is 6.89. The number of anilines is 1. The first-order chi connectivity index (χ1) is 15.2. The number of urea groups is 1. The summed E-state index contributed by atoms with van der Waals surface area (Å²) in [5.74, 6) is 1.06. The van der Waals surface area contributed by atoms with Crippen LogP contribution in [0.5, 0.6) is 5.75 Å². The predicted molar refractivity (Wildman–Crippen MR) is 120 cm³/mol. The van der Waals surface area contributed by atoms with Crippen molar-refractivity contribution in [2.75, 3.05) is 18.5 Å². The molecule has 2 N–H and O–H groups in total. The minimum Gasteiger partial charge on any atom is -0.492 e. The number of carbonyl (C=O) groups excluding carboxylic acids is 1. The Bertz CT molecular complexity index is 1190. The lowest BCUT2D eigenvalue weighted by Gasteiger charge is -2.13. The van der Waals surface area contributed by atoms with Gasteiger partial charge < -0.3 is 19.9 Å². The van der Waals surface area contributed by atoms with Gasteiger partial charge in [-0.3, -0.25) is 0 Å². The lowest BCUT2D eigenvalue weighted by atomic mass is 10.2. The maximum Gasteiger partial charge on any atom is 0.319 e. The van der Waals surface area contributed by atoms with Crippen LogP contribution in [0.2, 0.25) is 0 Å². The number of carbonyl (C=O) groups is 1. The molecule has 1 heterocycles. The molecule has 1 aromatic heterocycles. The van der Waals surface area contributed by atoms with E-state index >= 15 is 0 Å². The molecule has 6 nitrogen and oxygen atoms in total. The zero-order valence-corrected chi connectivity index (χ0v) is 17.1. The fourth-order valence-corrected chi connectivity index (χ4v) is 3.42. The number of amides is 2. The normalized spacial score (nSPS) is 10.8. The molecule has 0 aliphatic carbocycles. The van der Waals surface area contributed by atoms with Crippen molar-refractivity contribution in [2.45, 2.75) is 13.5 Å². The highest BCUT2D eigenvalue weighted by Crippen LogP contribution is 2.25. The molecule has 0 fully saturated rings. The zero-order chi connectivity index (χ0) is 21.6. The molecule has 0 spiro atoms. The predicted octanol–water partition coefficient (Wildman–Crippen LogP) is 5.06. The SMILES string of the molecule is CCOc1ccccc1NC(=O)NCCn1c(-c2ccc(F)cc2)nc2ccccc21. The van der Waals surface area contributed by atoms with Gasteiger partial charge in [0.05, 0.1) is 23.3 Å². The molecule has 0 unspecified atom stereocenters. The molecule has 31 heavy (non-hydrogen) atoms. The molecular formula is C24H23FN4O2. The highest BCUT2D eigenvalue weighted by atomic mass is 19.1. The number of benzene rings is 3. The Hall–Kier alpha value is -3.87. The zero-order valence-electron chi connectivity index (χ0n) is 17.1. The third-order valence-corrected chi connectivity index (χ3v) is 4.81. The summed E-state index contributed by atoms with van der Waals surface area (Å²) in [4.78, 5) is 17.1. The molecule has 0 radical (unpaired) electrons. The number of hydrogen-bond acceptors (Lipinski definition) is 3. The van der Waals surface area contributed by atoms with Gasteiger partial charge in [0.25, 0.3) is 0 Å². The highest BCUT2D eigenvalue weighted by Gasteiger charge is 2.13. The summed E-state index contributed by atoms with van der Waals surface area (Å²) in [6.07, 6.45) is 0. The number of para-hydroxylation sites is 4. The quantitative estimate of drug-likeness (QED) is 0.441. The number of aromatic nitrogens is 2. The molecule has 0 aliphatic heterocycles. The first kappa shape index (κ1) is 20.4. The van der Waals surface area contributed by atoms with Crippen molar-refractivity contribution in [2.24, 2.45) is 0 Å². The van der Waals surface area contributed by atoms with Gasteiger partial charge in [-0.1, -0.05) is 24.3 Å². The van der Waals surface area contributed by atoms with Crippen molar-refractivity contribution in [1.82, 2.24) is 14.9 Å². The van der Waals surface area contributed by atoms with Crippen LogP contribution in [0.1, 0.15) is 6.92 Å². The smallest absolute Gasteiger partial charge is 0.319 e. The van der Waals surface area contributed by atoms with Crippen LogP contribution in [0.4, 0.5) is 14.9 Å². The molecule has 3 aromatic carbocycles. The summed E-state index contributed by atoms with van der Waals surface area (Å²) in [6, 6.07) is 21.0. The Morgan fingerprint density at radius 2 is 1.77 bits per heavy atom. The third kappa shape index (κ3) is 4.66. The second kappa shape index (κ2) is 9.30. The van der Waals surface area contributed by atoms with E-state index in [0.29, 0.717) is 31.1 Å². The standard InChI is InChI=1S/C24H23FN4O2/c1-2-31-22-10-6-4-8-20(22)28-24(30)26-15-16-29-21-9-5-3-7-19(21)27-23(29)17-11-13-18(25)14-12-17/h3-14H,2,15-16H2,1H3,(H2,26,28,30). The van der Waals surface area contributed by atoms with Crippen molar-refractivity contribution in [3.05, 3.63) is 78.6 Å². The monoisotopic (exact) mass is 418 g/mol. The molecule has 158 valence electrons. The third-order valence-electron chi connectivity index (χ3n) is 4.81. The van der Waals surface area contributed by atoms with E-state index < -0.39 is 0 Å². The summed E-state index contributed by atoms with van der Waals surface area (Å²) in [5, 5.41) is 5.70. The Morgan fingerprint density at radius 1 is 1.03 bits per heavy atom. The van der Waals surface area contributed by atoms with Crippen molar-refractivity contribution < 1.29 is 13.9 Å². The van der Waals surface area contributed by atoms with Gasteiger partial charge in [-0.25, -0.2) is 14.2 Å². The Morgan fingerprint density at radius 3 is 2.58 bits per heavy atom. The second-order valence-corrected chi connectivity index (χ2v) is 6.89. The lowest BCUT2D eigenvalue weighted by molar-refractivity contribution is 0.251. The summed E-state index contributed by atoms with van der Waals surface area (Å²) >= 11 is 0. The largest absolute Gasteiger partial charge is 0.492 e. The van der Waals surface area contributed by atoms with E-state index in [4.69, 9.17) is 9.72 Å². The topological polar surface area (TPSA) is 68.2 Å². The van der Waals surface area contributed by atoms with Crippen LogP contribution in [0, 0.1) is 5.82 Å². The Balaban J connectivity index is 1.48. The van der Waals surface area contributed by atoms with Crippen LogP contribution in [0.15, 0.2) is 72.8 Å². The summed E-state index contributed by atoms with van der Waals surface area (Å²) < 4.78 is 20.9. The van der Waals surface area contributed by atoms with Crippen molar-refractivity contribution in [3.8, 4) is 17.1 Å². The Kier molecular flexibility index (Phi) is 6.12. The molecular weight excluding hydrogens is 395 g/mol. The minimum absolute atomic E-state index is 0.294. The van der Waals surface area contributed by atoms with E-state index in [0.717, 1.165) is 22.4 Å². The van der Waals surface area contributed by atoms with Crippen molar-refractivity contribution in [3.63, 3.8) is 0 Å². The number of fused-ring (bicyclic) bond motifs is 1. The molecule has 0 aliphatic rings. The number of nitrogens with zero attached hydrogens (tertiary/aromatic N) is 2. The fourth-order valence-electron chi connectivity index (χ4n) is 3.42. The number of rotatable bonds is 7. The minimum atomic E-state index is -0.320. The maximum absolute atomic E-state index is 13.4. The van der Waals surface area contributed by atoms with Gasteiger partial charge in [0.2, 0.25) is 0 Å². The average Bonchev–Trinajstić information content (AvgIpc) is 3.14. The van der Waals surface area contributed by atoms with E-state index in [2.05, 4.69) is 10.6 Å².